The van der Waals surface area contributed by atoms with Gasteiger partial charge in [0.05, 0.1) is 0 Å². The third-order valence-corrected chi connectivity index (χ3v) is 3.19. The maximum atomic E-state index is 13.1. The molecule has 0 unspecified atom stereocenters. The Bertz CT molecular complexity index is 546. The van der Waals surface area contributed by atoms with E-state index in [0.717, 1.165) is 6.07 Å². The number of rotatable bonds is 4. The molecule has 0 fully saturated rings. The van der Waals surface area contributed by atoms with Gasteiger partial charge in [-0.15, -0.1) is 0 Å². The van der Waals surface area contributed by atoms with E-state index in [-0.39, 0.29) is 6.04 Å². The minimum absolute atomic E-state index is 0.132. The lowest BCUT2D eigenvalue weighted by molar-refractivity contribution is 0.553. The molecule has 19 heavy (non-hydrogen) atoms. The minimum atomic E-state index is -0.541. The lowest BCUT2D eigenvalue weighted by Crippen LogP contribution is -2.19. The maximum absolute atomic E-state index is 13.1. The van der Waals surface area contributed by atoms with Gasteiger partial charge in [0.2, 0.25) is 0 Å². The average molecular weight is 261 g/mol. The van der Waals surface area contributed by atoms with Crippen molar-refractivity contribution in [3.8, 4) is 0 Å². The summed E-state index contributed by atoms with van der Waals surface area (Å²) in [5, 5.41) is 3.28. The van der Waals surface area contributed by atoms with Gasteiger partial charge < -0.3 is 5.32 Å². The predicted molar refractivity (Wildman–Crippen MR) is 72.8 cm³/mol. The summed E-state index contributed by atoms with van der Waals surface area (Å²) in [7, 11) is 0. The van der Waals surface area contributed by atoms with Gasteiger partial charge in [-0.1, -0.05) is 24.3 Å². The van der Waals surface area contributed by atoms with Crippen LogP contribution in [0.3, 0.4) is 0 Å². The Morgan fingerprint density at radius 1 is 1.05 bits per heavy atom. The molecule has 2 aromatic rings. The van der Waals surface area contributed by atoms with E-state index < -0.39 is 11.6 Å². The zero-order valence-electron chi connectivity index (χ0n) is 11.1. The Balaban J connectivity index is 2.04. The van der Waals surface area contributed by atoms with Crippen molar-refractivity contribution < 1.29 is 8.78 Å². The Hall–Kier alpha value is -1.74. The summed E-state index contributed by atoms with van der Waals surface area (Å²) in [6, 6.07) is 11.8. The molecule has 0 bridgehead atoms. The number of aryl methyl sites for hydroxylation is 1. The van der Waals surface area contributed by atoms with Gasteiger partial charge in [-0.3, -0.25) is 0 Å². The molecule has 0 spiro atoms. The van der Waals surface area contributed by atoms with E-state index in [1.165, 1.54) is 23.3 Å². The Kier molecular flexibility index (Phi) is 4.27. The molecule has 3 heteroatoms. The molecule has 2 aromatic carbocycles. The standard InChI is InChI=1S/C16H17F2N/c1-11-5-3-4-6-16(11)12(2)19-10-13-7-14(17)9-15(18)8-13/h3-9,12,19H,10H2,1-2H3/t12-/m1/s1. The van der Waals surface area contributed by atoms with Crippen LogP contribution in [0.1, 0.15) is 29.7 Å². The number of hydrogen-bond acceptors (Lipinski definition) is 1. The summed E-state index contributed by atoms with van der Waals surface area (Å²) in [5.41, 5.74) is 3.00. The van der Waals surface area contributed by atoms with Gasteiger partial charge in [0.1, 0.15) is 11.6 Å². The number of benzene rings is 2. The topological polar surface area (TPSA) is 12.0 Å². The van der Waals surface area contributed by atoms with E-state index in [4.69, 9.17) is 0 Å². The van der Waals surface area contributed by atoms with Gasteiger partial charge in [0.25, 0.3) is 0 Å². The van der Waals surface area contributed by atoms with E-state index >= 15 is 0 Å². The first-order valence-corrected chi connectivity index (χ1v) is 6.30. The van der Waals surface area contributed by atoms with Crippen LogP contribution in [0.5, 0.6) is 0 Å². The Morgan fingerprint density at radius 2 is 1.68 bits per heavy atom. The van der Waals surface area contributed by atoms with Crippen molar-refractivity contribution >= 4 is 0 Å². The first kappa shape index (κ1) is 13.7. The van der Waals surface area contributed by atoms with Crippen LogP contribution in [-0.4, -0.2) is 0 Å². The summed E-state index contributed by atoms with van der Waals surface area (Å²) in [6.07, 6.45) is 0. The number of hydrogen-bond donors (Lipinski definition) is 1. The molecule has 0 aliphatic carbocycles. The lowest BCUT2D eigenvalue weighted by Gasteiger charge is -2.16. The molecular weight excluding hydrogens is 244 g/mol. The molecule has 0 aromatic heterocycles. The first-order chi connectivity index (χ1) is 9.06. The van der Waals surface area contributed by atoms with E-state index in [9.17, 15) is 8.78 Å². The minimum Gasteiger partial charge on any atom is -0.306 e. The zero-order valence-corrected chi connectivity index (χ0v) is 11.1. The van der Waals surface area contributed by atoms with Crippen LogP contribution in [0.2, 0.25) is 0 Å². The molecule has 100 valence electrons. The van der Waals surface area contributed by atoms with Gasteiger partial charge >= 0.3 is 0 Å². The van der Waals surface area contributed by atoms with Crippen LogP contribution in [-0.2, 0) is 6.54 Å². The van der Waals surface area contributed by atoms with Crippen LogP contribution in [0.4, 0.5) is 8.78 Å². The number of halogens is 2. The maximum Gasteiger partial charge on any atom is 0.126 e. The van der Waals surface area contributed by atoms with Crippen LogP contribution in [0.25, 0.3) is 0 Å². The van der Waals surface area contributed by atoms with Crippen molar-refractivity contribution in [3.63, 3.8) is 0 Å². The molecule has 1 nitrogen and oxygen atoms in total. The molecule has 1 atom stereocenters. The third kappa shape index (κ3) is 3.61. The summed E-state index contributed by atoms with van der Waals surface area (Å²) in [6.45, 7) is 4.53. The number of nitrogens with one attached hydrogen (secondary N) is 1. The predicted octanol–water partition coefficient (Wildman–Crippen LogP) is 4.12. The lowest BCUT2D eigenvalue weighted by atomic mass is 10.0. The van der Waals surface area contributed by atoms with E-state index in [0.29, 0.717) is 12.1 Å². The molecule has 1 N–H and O–H groups in total. The fourth-order valence-corrected chi connectivity index (χ4v) is 2.17. The summed E-state index contributed by atoms with van der Waals surface area (Å²) in [5.74, 6) is -1.08. The fourth-order valence-electron chi connectivity index (χ4n) is 2.17. The molecule has 0 radical (unpaired) electrons. The van der Waals surface area contributed by atoms with E-state index in [1.54, 1.807) is 0 Å². The highest BCUT2D eigenvalue weighted by atomic mass is 19.1. The van der Waals surface area contributed by atoms with Crippen LogP contribution in [0, 0.1) is 18.6 Å². The van der Waals surface area contributed by atoms with Crippen molar-refractivity contribution in [1.29, 1.82) is 0 Å². The highest BCUT2D eigenvalue weighted by Gasteiger charge is 2.08. The second kappa shape index (κ2) is 5.93. The van der Waals surface area contributed by atoms with E-state index in [1.807, 2.05) is 19.1 Å². The van der Waals surface area contributed by atoms with Crippen molar-refractivity contribution in [2.45, 2.75) is 26.4 Å². The molecule has 0 saturated heterocycles. The smallest absolute Gasteiger partial charge is 0.126 e. The highest BCUT2D eigenvalue weighted by molar-refractivity contribution is 5.28. The summed E-state index contributed by atoms with van der Waals surface area (Å²) < 4.78 is 26.1. The highest BCUT2D eigenvalue weighted by Crippen LogP contribution is 2.17. The molecule has 0 aliphatic heterocycles. The SMILES string of the molecule is Cc1ccccc1[C@@H](C)NCc1cc(F)cc(F)c1. The molecule has 0 saturated carbocycles. The van der Waals surface area contributed by atoms with Gasteiger partial charge in [-0.25, -0.2) is 8.78 Å². The Morgan fingerprint density at radius 3 is 2.32 bits per heavy atom. The third-order valence-electron chi connectivity index (χ3n) is 3.19. The van der Waals surface area contributed by atoms with Crippen molar-refractivity contribution in [2.75, 3.05) is 0 Å². The summed E-state index contributed by atoms with van der Waals surface area (Å²) >= 11 is 0. The van der Waals surface area contributed by atoms with Crippen molar-refractivity contribution in [1.82, 2.24) is 5.32 Å². The molecular formula is C16H17F2N. The Labute approximate surface area is 112 Å². The van der Waals surface area contributed by atoms with Crippen molar-refractivity contribution in [2.24, 2.45) is 0 Å². The molecule has 0 heterocycles. The van der Waals surface area contributed by atoms with Crippen molar-refractivity contribution in [3.05, 3.63) is 70.8 Å². The van der Waals surface area contributed by atoms with Crippen LogP contribution in [0.15, 0.2) is 42.5 Å². The molecule has 0 aliphatic rings. The first-order valence-electron chi connectivity index (χ1n) is 6.30. The fraction of sp³-hybridized carbons (Fsp3) is 0.250. The van der Waals surface area contributed by atoms with Crippen LogP contribution >= 0.6 is 0 Å². The van der Waals surface area contributed by atoms with Gasteiger partial charge in [-0.2, -0.15) is 0 Å². The van der Waals surface area contributed by atoms with Gasteiger partial charge in [-0.05, 0) is 42.7 Å². The summed E-state index contributed by atoms with van der Waals surface area (Å²) in [4.78, 5) is 0. The largest absolute Gasteiger partial charge is 0.306 e. The van der Waals surface area contributed by atoms with Gasteiger partial charge in [0, 0.05) is 18.7 Å². The average Bonchev–Trinajstić information content (AvgIpc) is 2.35. The zero-order chi connectivity index (χ0) is 13.8. The van der Waals surface area contributed by atoms with Gasteiger partial charge in [0.15, 0.2) is 0 Å². The van der Waals surface area contributed by atoms with E-state index in [2.05, 4.69) is 24.4 Å². The monoisotopic (exact) mass is 261 g/mol. The molecule has 0 amide bonds. The second-order valence-electron chi connectivity index (χ2n) is 4.74. The second-order valence-corrected chi connectivity index (χ2v) is 4.74. The van der Waals surface area contributed by atoms with Crippen LogP contribution < -0.4 is 5.32 Å². The normalized spacial score (nSPS) is 12.4. The molecule has 2 rings (SSSR count). The quantitative estimate of drug-likeness (QED) is 0.872.